The molecule has 96 valence electrons. The lowest BCUT2D eigenvalue weighted by molar-refractivity contribution is -0.121. The fourth-order valence-corrected chi connectivity index (χ4v) is 2.16. The number of nitrogens with two attached hydrogens (primary N) is 1. The van der Waals surface area contributed by atoms with Crippen molar-refractivity contribution in [3.63, 3.8) is 0 Å². The average Bonchev–Trinajstić information content (AvgIpc) is 2.16. The van der Waals surface area contributed by atoms with Crippen LogP contribution < -0.4 is 11.1 Å². The Bertz CT molecular complexity index is 201. The summed E-state index contributed by atoms with van der Waals surface area (Å²) in [4.78, 5) is 11.4. The van der Waals surface area contributed by atoms with Gasteiger partial charge in [0.05, 0.1) is 0 Å². The number of nitrogens with one attached hydrogen (secondary N) is 1. The van der Waals surface area contributed by atoms with Gasteiger partial charge in [0.15, 0.2) is 0 Å². The van der Waals surface area contributed by atoms with Crippen molar-refractivity contribution in [3.8, 4) is 0 Å². The molecule has 3 N–H and O–H groups in total. The summed E-state index contributed by atoms with van der Waals surface area (Å²) in [5.74, 6) is 1.67. The number of rotatable bonds is 4. The smallest absolute Gasteiger partial charge is 0.221 e. The normalized spacial score (nSPS) is 26.7. The molecule has 3 nitrogen and oxygen atoms in total. The molecule has 0 bridgehead atoms. The van der Waals surface area contributed by atoms with Gasteiger partial charge in [0, 0.05) is 19.0 Å². The summed E-state index contributed by atoms with van der Waals surface area (Å²) in [6.45, 7) is 5.02. The van der Waals surface area contributed by atoms with E-state index in [9.17, 15) is 4.79 Å². The second-order valence-corrected chi connectivity index (χ2v) is 5.11. The Balaban J connectivity index is 0.00000225. The third-order valence-corrected chi connectivity index (χ3v) is 3.23. The van der Waals surface area contributed by atoms with E-state index in [0.29, 0.717) is 12.3 Å². The zero-order valence-corrected chi connectivity index (χ0v) is 11.2. The number of hydrogen-bond acceptors (Lipinski definition) is 2. The van der Waals surface area contributed by atoms with Crippen molar-refractivity contribution in [3.05, 3.63) is 0 Å². The number of halogens is 1. The lowest BCUT2D eigenvalue weighted by atomic mass is 9.83. The lowest BCUT2D eigenvalue weighted by Gasteiger charge is -2.26. The first-order valence-electron chi connectivity index (χ1n) is 6.10. The number of carbonyl (C=O) groups is 1. The molecule has 0 saturated heterocycles. The molecule has 1 aliphatic rings. The van der Waals surface area contributed by atoms with Gasteiger partial charge >= 0.3 is 0 Å². The Hall–Kier alpha value is -0.280. The van der Waals surface area contributed by atoms with Gasteiger partial charge in [0.25, 0.3) is 0 Å². The maximum Gasteiger partial charge on any atom is 0.221 e. The van der Waals surface area contributed by atoms with Crippen LogP contribution in [0.4, 0.5) is 0 Å². The highest BCUT2D eigenvalue weighted by Gasteiger charge is 2.18. The molecule has 4 heteroatoms. The largest absolute Gasteiger partial charge is 0.356 e. The Morgan fingerprint density at radius 2 is 1.94 bits per heavy atom. The molecule has 0 heterocycles. The molecule has 0 spiro atoms. The van der Waals surface area contributed by atoms with Gasteiger partial charge in [-0.2, -0.15) is 0 Å². The Morgan fingerprint density at radius 1 is 1.38 bits per heavy atom. The van der Waals surface area contributed by atoms with Crippen LogP contribution in [0.1, 0.15) is 46.0 Å². The summed E-state index contributed by atoms with van der Waals surface area (Å²) < 4.78 is 0. The molecule has 1 amide bonds. The summed E-state index contributed by atoms with van der Waals surface area (Å²) in [7, 11) is 0. The summed E-state index contributed by atoms with van der Waals surface area (Å²) in [5, 5.41) is 2.98. The second kappa shape index (κ2) is 7.91. The van der Waals surface area contributed by atoms with Crippen LogP contribution in [0.2, 0.25) is 0 Å². The van der Waals surface area contributed by atoms with Crippen LogP contribution in [0.5, 0.6) is 0 Å². The minimum absolute atomic E-state index is 0. The van der Waals surface area contributed by atoms with Crippen molar-refractivity contribution < 1.29 is 4.79 Å². The minimum Gasteiger partial charge on any atom is -0.356 e. The van der Waals surface area contributed by atoms with Crippen molar-refractivity contribution in [1.29, 1.82) is 0 Å². The van der Waals surface area contributed by atoms with Gasteiger partial charge in [-0.3, -0.25) is 4.79 Å². The molecule has 1 aliphatic carbocycles. The summed E-state index contributed by atoms with van der Waals surface area (Å²) in [5.41, 5.74) is 5.56. The monoisotopic (exact) mass is 248 g/mol. The second-order valence-electron chi connectivity index (χ2n) is 5.11. The molecule has 1 fully saturated rings. The molecule has 0 radical (unpaired) electrons. The van der Waals surface area contributed by atoms with E-state index < -0.39 is 0 Å². The predicted molar refractivity (Wildman–Crippen MR) is 69.6 cm³/mol. The van der Waals surface area contributed by atoms with E-state index in [1.807, 2.05) is 6.92 Å². The van der Waals surface area contributed by atoms with Gasteiger partial charge in [-0.05, 0) is 31.6 Å². The first kappa shape index (κ1) is 15.7. The lowest BCUT2D eigenvalue weighted by Crippen LogP contribution is -2.34. The van der Waals surface area contributed by atoms with E-state index >= 15 is 0 Å². The summed E-state index contributed by atoms with van der Waals surface area (Å²) >= 11 is 0. The number of carbonyl (C=O) groups excluding carboxylic acids is 1. The standard InChI is InChI=1S/C12H24N2O.ClH/c1-9-3-5-11(6-4-9)8-14-12(15)7-10(2)13;/h9-11H,3-8,13H2,1-2H3,(H,14,15);1H. The van der Waals surface area contributed by atoms with Crippen LogP contribution in [0, 0.1) is 11.8 Å². The molecule has 0 aliphatic heterocycles. The van der Waals surface area contributed by atoms with Gasteiger partial charge in [0.2, 0.25) is 5.91 Å². The van der Waals surface area contributed by atoms with Crippen LogP contribution in [0.3, 0.4) is 0 Å². The third kappa shape index (κ3) is 6.33. The molecule has 0 aromatic rings. The fraction of sp³-hybridized carbons (Fsp3) is 0.917. The summed E-state index contributed by atoms with van der Waals surface area (Å²) in [6, 6.07) is -0.0311. The molecule has 0 aromatic heterocycles. The van der Waals surface area contributed by atoms with Gasteiger partial charge in [-0.25, -0.2) is 0 Å². The van der Waals surface area contributed by atoms with Crippen LogP contribution in [-0.4, -0.2) is 18.5 Å². The maximum absolute atomic E-state index is 11.4. The highest BCUT2D eigenvalue weighted by atomic mass is 35.5. The van der Waals surface area contributed by atoms with Gasteiger partial charge < -0.3 is 11.1 Å². The van der Waals surface area contributed by atoms with Gasteiger partial charge in [-0.1, -0.05) is 19.8 Å². The van der Waals surface area contributed by atoms with Gasteiger partial charge in [-0.15, -0.1) is 12.4 Å². The van der Waals surface area contributed by atoms with E-state index in [2.05, 4.69) is 12.2 Å². The highest BCUT2D eigenvalue weighted by molar-refractivity contribution is 5.85. The zero-order chi connectivity index (χ0) is 11.3. The molecular weight excluding hydrogens is 224 g/mol. The van der Waals surface area contributed by atoms with Gasteiger partial charge in [0.1, 0.15) is 0 Å². The molecule has 1 unspecified atom stereocenters. The molecule has 1 saturated carbocycles. The van der Waals surface area contributed by atoms with Crippen LogP contribution in [-0.2, 0) is 4.79 Å². The molecular formula is C12H25ClN2O. The first-order valence-corrected chi connectivity index (χ1v) is 6.10. The molecule has 1 atom stereocenters. The van der Waals surface area contributed by atoms with E-state index in [1.54, 1.807) is 0 Å². The van der Waals surface area contributed by atoms with Crippen molar-refractivity contribution in [2.24, 2.45) is 17.6 Å². The van der Waals surface area contributed by atoms with E-state index in [-0.39, 0.29) is 24.4 Å². The van der Waals surface area contributed by atoms with E-state index in [1.165, 1.54) is 25.7 Å². The SMILES string of the molecule is CC(N)CC(=O)NCC1CCC(C)CC1.Cl. The van der Waals surface area contributed by atoms with Crippen molar-refractivity contribution in [2.45, 2.75) is 52.0 Å². The fourth-order valence-electron chi connectivity index (χ4n) is 2.16. The number of hydrogen-bond donors (Lipinski definition) is 2. The molecule has 1 rings (SSSR count). The predicted octanol–water partition coefficient (Wildman–Crippen LogP) is 2.09. The van der Waals surface area contributed by atoms with Crippen molar-refractivity contribution >= 4 is 18.3 Å². The van der Waals surface area contributed by atoms with E-state index in [4.69, 9.17) is 5.73 Å². The topological polar surface area (TPSA) is 55.1 Å². The zero-order valence-electron chi connectivity index (χ0n) is 10.4. The quantitative estimate of drug-likeness (QED) is 0.801. The van der Waals surface area contributed by atoms with Crippen LogP contribution in [0.15, 0.2) is 0 Å². The Labute approximate surface area is 105 Å². The van der Waals surface area contributed by atoms with Crippen LogP contribution >= 0.6 is 12.4 Å². The Kier molecular flexibility index (Phi) is 7.77. The van der Waals surface area contributed by atoms with Crippen LogP contribution in [0.25, 0.3) is 0 Å². The number of amides is 1. The van der Waals surface area contributed by atoms with Crippen molar-refractivity contribution in [2.75, 3.05) is 6.54 Å². The van der Waals surface area contributed by atoms with E-state index in [0.717, 1.165) is 12.5 Å². The first-order chi connectivity index (χ1) is 7.08. The summed E-state index contributed by atoms with van der Waals surface area (Å²) in [6.07, 6.45) is 5.60. The highest BCUT2D eigenvalue weighted by Crippen LogP contribution is 2.27. The van der Waals surface area contributed by atoms with Crippen molar-refractivity contribution in [1.82, 2.24) is 5.32 Å². The Morgan fingerprint density at radius 3 is 2.44 bits per heavy atom. The third-order valence-electron chi connectivity index (χ3n) is 3.23. The average molecular weight is 249 g/mol. The minimum atomic E-state index is -0.0311. The molecule has 0 aromatic carbocycles. The maximum atomic E-state index is 11.4. The molecule has 16 heavy (non-hydrogen) atoms.